The van der Waals surface area contributed by atoms with Crippen LogP contribution >= 0.6 is 24.8 Å². The average Bonchev–Trinajstić information content (AvgIpc) is 2.72. The van der Waals surface area contributed by atoms with E-state index in [4.69, 9.17) is 14.2 Å². The van der Waals surface area contributed by atoms with Crippen LogP contribution in [0.1, 0.15) is 11.1 Å². The number of hydrogen-bond acceptors (Lipinski definition) is 5. The number of nitrogens with zero attached hydrogens (tertiary/aromatic N) is 2. The zero-order chi connectivity index (χ0) is 18.6. The minimum absolute atomic E-state index is 0. The van der Waals surface area contributed by atoms with Gasteiger partial charge >= 0.3 is 0 Å². The van der Waals surface area contributed by atoms with Gasteiger partial charge < -0.3 is 14.2 Å². The lowest BCUT2D eigenvalue weighted by molar-refractivity contribution is 0.192. The normalized spacial score (nSPS) is 13.0. The molecule has 0 atom stereocenters. The first-order chi connectivity index (χ1) is 13.3. The van der Waals surface area contributed by atoms with E-state index in [0.29, 0.717) is 12.5 Å². The van der Waals surface area contributed by atoms with Crippen molar-refractivity contribution in [2.75, 3.05) is 33.9 Å². The van der Waals surface area contributed by atoms with Crippen LogP contribution in [0.5, 0.6) is 17.4 Å². The van der Waals surface area contributed by atoms with Crippen molar-refractivity contribution in [3.05, 3.63) is 59.7 Å². The SMILES string of the molecule is COc1cc2c(cc1OC)CN(CCOc1ccc3ccccc3n1)CC2.Cl.Cl. The van der Waals surface area contributed by atoms with E-state index >= 15 is 0 Å². The summed E-state index contributed by atoms with van der Waals surface area (Å²) in [6, 6.07) is 16.2. The molecule has 0 unspecified atom stereocenters. The lowest BCUT2D eigenvalue weighted by atomic mass is 9.99. The van der Waals surface area contributed by atoms with Crippen LogP contribution in [-0.2, 0) is 13.0 Å². The number of methoxy groups -OCH3 is 2. The zero-order valence-electron chi connectivity index (χ0n) is 16.6. The summed E-state index contributed by atoms with van der Waals surface area (Å²) in [6.07, 6.45) is 1.00. The molecule has 1 aliphatic rings. The topological polar surface area (TPSA) is 43.8 Å². The Balaban J connectivity index is 0.00000150. The van der Waals surface area contributed by atoms with Crippen LogP contribution in [0.15, 0.2) is 48.5 Å². The molecule has 1 aliphatic heterocycles. The van der Waals surface area contributed by atoms with Gasteiger partial charge in [0.15, 0.2) is 11.5 Å². The molecule has 0 aliphatic carbocycles. The summed E-state index contributed by atoms with van der Waals surface area (Å²) >= 11 is 0. The van der Waals surface area contributed by atoms with E-state index in [0.717, 1.165) is 48.5 Å². The predicted octanol–water partition coefficient (Wildman–Crippen LogP) is 4.53. The second-order valence-electron chi connectivity index (χ2n) is 6.69. The maximum atomic E-state index is 5.89. The average molecular weight is 437 g/mol. The molecule has 7 heteroatoms. The van der Waals surface area contributed by atoms with E-state index in [1.165, 1.54) is 11.1 Å². The summed E-state index contributed by atoms with van der Waals surface area (Å²) in [6.45, 7) is 3.39. The maximum absolute atomic E-state index is 5.89. The summed E-state index contributed by atoms with van der Waals surface area (Å²) in [7, 11) is 3.35. The minimum Gasteiger partial charge on any atom is -0.493 e. The molecule has 156 valence electrons. The van der Waals surface area contributed by atoms with Crippen LogP contribution in [0.2, 0.25) is 0 Å². The minimum atomic E-state index is 0. The Morgan fingerprint density at radius 3 is 2.41 bits per heavy atom. The number of pyridine rings is 1. The fourth-order valence-corrected chi connectivity index (χ4v) is 3.54. The number of halogens is 2. The van der Waals surface area contributed by atoms with Gasteiger partial charge in [-0.25, -0.2) is 4.98 Å². The number of fused-ring (bicyclic) bond motifs is 2. The predicted molar refractivity (Wildman–Crippen MR) is 120 cm³/mol. The van der Waals surface area contributed by atoms with Gasteiger partial charge in [0.25, 0.3) is 0 Å². The fraction of sp³-hybridized carbons (Fsp3) is 0.318. The van der Waals surface area contributed by atoms with Gasteiger partial charge in [-0.1, -0.05) is 18.2 Å². The highest BCUT2D eigenvalue weighted by atomic mass is 35.5. The number of rotatable bonds is 6. The van der Waals surface area contributed by atoms with E-state index in [9.17, 15) is 0 Å². The molecule has 0 N–H and O–H groups in total. The molecule has 3 aromatic rings. The van der Waals surface area contributed by atoms with Crippen molar-refractivity contribution in [3.8, 4) is 17.4 Å². The highest BCUT2D eigenvalue weighted by molar-refractivity contribution is 5.85. The number of hydrogen-bond donors (Lipinski definition) is 0. The molecule has 0 bridgehead atoms. The third-order valence-electron chi connectivity index (χ3n) is 5.03. The van der Waals surface area contributed by atoms with Crippen molar-refractivity contribution in [2.45, 2.75) is 13.0 Å². The summed E-state index contributed by atoms with van der Waals surface area (Å²) < 4.78 is 16.7. The van der Waals surface area contributed by atoms with Gasteiger partial charge in [-0.3, -0.25) is 4.90 Å². The van der Waals surface area contributed by atoms with E-state index < -0.39 is 0 Å². The third kappa shape index (κ3) is 5.24. The van der Waals surface area contributed by atoms with Crippen molar-refractivity contribution in [3.63, 3.8) is 0 Å². The van der Waals surface area contributed by atoms with Gasteiger partial charge in [0.2, 0.25) is 5.88 Å². The molecule has 0 fully saturated rings. The van der Waals surface area contributed by atoms with Gasteiger partial charge in [-0.2, -0.15) is 0 Å². The van der Waals surface area contributed by atoms with E-state index in [-0.39, 0.29) is 24.8 Å². The Morgan fingerprint density at radius 2 is 1.66 bits per heavy atom. The first-order valence-corrected chi connectivity index (χ1v) is 9.21. The van der Waals surface area contributed by atoms with Gasteiger partial charge in [-0.05, 0) is 41.8 Å². The second kappa shape index (κ2) is 10.5. The smallest absolute Gasteiger partial charge is 0.213 e. The molecule has 4 rings (SSSR count). The first-order valence-electron chi connectivity index (χ1n) is 9.21. The summed E-state index contributed by atoms with van der Waals surface area (Å²) in [4.78, 5) is 6.96. The number of aromatic nitrogens is 1. The van der Waals surface area contributed by atoms with Gasteiger partial charge in [0.05, 0.1) is 19.7 Å². The van der Waals surface area contributed by atoms with E-state index in [1.54, 1.807) is 14.2 Å². The van der Waals surface area contributed by atoms with Crippen LogP contribution in [0.25, 0.3) is 10.9 Å². The highest BCUT2D eigenvalue weighted by Crippen LogP contribution is 2.33. The van der Waals surface area contributed by atoms with E-state index in [1.807, 2.05) is 24.3 Å². The molecule has 0 amide bonds. The molecule has 0 saturated carbocycles. The zero-order valence-corrected chi connectivity index (χ0v) is 18.2. The first kappa shape index (κ1) is 23.1. The quantitative estimate of drug-likeness (QED) is 0.567. The Hall–Kier alpha value is -2.21. The largest absolute Gasteiger partial charge is 0.493 e. The molecule has 5 nitrogen and oxygen atoms in total. The Labute approximate surface area is 183 Å². The molecular formula is C22H26Cl2N2O3. The van der Waals surface area contributed by atoms with Crippen LogP contribution in [0.4, 0.5) is 0 Å². The number of para-hydroxylation sites is 1. The second-order valence-corrected chi connectivity index (χ2v) is 6.69. The highest BCUT2D eigenvalue weighted by Gasteiger charge is 2.19. The molecule has 0 radical (unpaired) electrons. The molecule has 2 aromatic carbocycles. The van der Waals surface area contributed by atoms with Crippen molar-refractivity contribution < 1.29 is 14.2 Å². The van der Waals surface area contributed by atoms with E-state index in [2.05, 4.69) is 34.1 Å². The fourth-order valence-electron chi connectivity index (χ4n) is 3.54. The summed E-state index contributed by atoms with van der Waals surface area (Å²) in [5.41, 5.74) is 3.59. The molecular weight excluding hydrogens is 411 g/mol. The van der Waals surface area contributed by atoms with Gasteiger partial charge in [-0.15, -0.1) is 24.8 Å². The molecule has 29 heavy (non-hydrogen) atoms. The number of benzene rings is 2. The van der Waals surface area contributed by atoms with Crippen LogP contribution < -0.4 is 14.2 Å². The van der Waals surface area contributed by atoms with Crippen LogP contribution in [0, 0.1) is 0 Å². The summed E-state index contributed by atoms with van der Waals surface area (Å²) in [5, 5.41) is 1.13. The Morgan fingerprint density at radius 1 is 0.931 bits per heavy atom. The van der Waals surface area contributed by atoms with Crippen molar-refractivity contribution in [2.24, 2.45) is 0 Å². The van der Waals surface area contributed by atoms with Crippen LogP contribution in [0.3, 0.4) is 0 Å². The number of ether oxygens (including phenoxy) is 3. The molecule has 0 saturated heterocycles. The van der Waals surface area contributed by atoms with Crippen molar-refractivity contribution >= 4 is 35.7 Å². The lowest BCUT2D eigenvalue weighted by Gasteiger charge is -2.29. The Kier molecular flexibility index (Phi) is 8.38. The lowest BCUT2D eigenvalue weighted by Crippen LogP contribution is -2.33. The maximum Gasteiger partial charge on any atom is 0.213 e. The van der Waals surface area contributed by atoms with Crippen molar-refractivity contribution in [1.82, 2.24) is 9.88 Å². The van der Waals surface area contributed by atoms with Crippen molar-refractivity contribution in [1.29, 1.82) is 0 Å². The molecule has 0 spiro atoms. The van der Waals surface area contributed by atoms with Gasteiger partial charge in [0, 0.05) is 31.1 Å². The molecule has 2 heterocycles. The van der Waals surface area contributed by atoms with Gasteiger partial charge in [0.1, 0.15) is 6.61 Å². The van der Waals surface area contributed by atoms with Crippen LogP contribution in [-0.4, -0.2) is 43.8 Å². The Bertz CT molecular complexity index is 952. The standard InChI is InChI=1S/C22H24N2O3.2ClH/c1-25-20-13-17-9-10-24(15-18(17)14-21(20)26-2)11-12-27-22-8-7-16-5-3-4-6-19(16)23-22;;/h3-8,13-14H,9-12,15H2,1-2H3;2*1H. The molecule has 1 aromatic heterocycles. The summed E-state index contributed by atoms with van der Waals surface area (Å²) in [5.74, 6) is 2.27. The monoisotopic (exact) mass is 436 g/mol. The third-order valence-corrected chi connectivity index (χ3v) is 5.03.